The first-order chi connectivity index (χ1) is 15.7. The number of nitrogens with zero attached hydrogens (tertiary/aromatic N) is 2. The van der Waals surface area contributed by atoms with E-state index in [1.54, 1.807) is 18.2 Å². The minimum atomic E-state index is -1.42. The zero-order valence-electron chi connectivity index (χ0n) is 17.6. The van der Waals surface area contributed by atoms with Crippen LogP contribution >= 0.6 is 23.4 Å². The van der Waals surface area contributed by atoms with Gasteiger partial charge in [-0.25, -0.2) is 0 Å². The lowest BCUT2D eigenvalue weighted by Gasteiger charge is -2.38. The van der Waals surface area contributed by atoms with Crippen molar-refractivity contribution in [1.82, 2.24) is 0 Å². The van der Waals surface area contributed by atoms with Gasteiger partial charge in [0.1, 0.15) is 0 Å². The van der Waals surface area contributed by atoms with E-state index in [0.29, 0.717) is 11.3 Å². The third-order valence-electron chi connectivity index (χ3n) is 6.42. The van der Waals surface area contributed by atoms with Gasteiger partial charge in [-0.2, -0.15) is 0 Å². The number of thioether (sulfide) groups is 1. The molecule has 0 radical (unpaired) electrons. The summed E-state index contributed by atoms with van der Waals surface area (Å²) in [5.74, 6) is -1.98. The van der Waals surface area contributed by atoms with Crippen molar-refractivity contribution in [3.63, 3.8) is 0 Å². The molecular formula is C22H21ClN3O6S-. The fraction of sp³-hybridized carbons (Fsp3) is 0.409. The van der Waals surface area contributed by atoms with Gasteiger partial charge in [0.2, 0.25) is 0 Å². The van der Waals surface area contributed by atoms with Gasteiger partial charge in [-0.1, -0.05) is 25.5 Å². The van der Waals surface area contributed by atoms with E-state index in [9.17, 15) is 30.1 Å². The summed E-state index contributed by atoms with van der Waals surface area (Å²) in [6.07, 6.45) is 2.13. The molecule has 2 aromatic rings. The molecule has 0 unspecified atom stereocenters. The molecule has 2 aliphatic rings. The largest absolute Gasteiger partial charge is 0.545 e. The standard InChI is InChI=1S/C22H22ClN3O6S/c1-2-5-13-12-10-17(33-16-7-4-3-6-14(16)25(29)30)20(23)18(12)19-15(26(31)32)9-8-11(22(27)28)21(19)24-13/h3-4,6-9,12-13,17-18,20,24H,2,5,10H2,1H3,(H,27,28)/p-1/t12-,13+,17-,18-,20-/m0/s1. The number of nitro groups is 2. The third kappa shape index (κ3) is 4.13. The number of carbonyl (C=O) groups is 1. The zero-order chi connectivity index (χ0) is 23.9. The molecule has 1 saturated carbocycles. The summed E-state index contributed by atoms with van der Waals surface area (Å²) in [6.45, 7) is 2.01. The molecular weight excluding hydrogens is 470 g/mol. The lowest BCUT2D eigenvalue weighted by molar-refractivity contribution is -0.387. The van der Waals surface area contributed by atoms with Crippen molar-refractivity contribution in [2.75, 3.05) is 5.32 Å². The Bertz CT molecular complexity index is 1130. The molecule has 1 N–H and O–H groups in total. The summed E-state index contributed by atoms with van der Waals surface area (Å²) in [4.78, 5) is 34.6. The smallest absolute Gasteiger partial charge is 0.282 e. The number of carboxylic acid groups (broad SMARTS) is 1. The predicted molar refractivity (Wildman–Crippen MR) is 123 cm³/mol. The zero-order valence-corrected chi connectivity index (χ0v) is 19.2. The maximum atomic E-state index is 11.8. The molecule has 0 aromatic heterocycles. The summed E-state index contributed by atoms with van der Waals surface area (Å²) >= 11 is 8.23. The fourth-order valence-corrected chi connectivity index (χ4v) is 7.04. The van der Waals surface area contributed by atoms with E-state index < -0.39 is 27.1 Å². The molecule has 174 valence electrons. The number of fused-ring (bicyclic) bond motifs is 3. The number of carbonyl (C=O) groups excluding carboxylic acids is 1. The fourth-order valence-electron chi connectivity index (χ4n) is 5.10. The Morgan fingerprint density at radius 2 is 1.85 bits per heavy atom. The van der Waals surface area contributed by atoms with Crippen LogP contribution in [0.25, 0.3) is 0 Å². The second-order valence-corrected chi connectivity index (χ2v) is 10.0. The van der Waals surface area contributed by atoms with Gasteiger partial charge in [0, 0.05) is 34.9 Å². The van der Waals surface area contributed by atoms with Gasteiger partial charge in [-0.15, -0.1) is 23.4 Å². The van der Waals surface area contributed by atoms with Crippen LogP contribution in [0.4, 0.5) is 17.1 Å². The second kappa shape index (κ2) is 9.18. The molecule has 9 nitrogen and oxygen atoms in total. The Balaban J connectivity index is 1.80. The Morgan fingerprint density at radius 3 is 2.48 bits per heavy atom. The van der Waals surface area contributed by atoms with Gasteiger partial charge < -0.3 is 15.2 Å². The summed E-state index contributed by atoms with van der Waals surface area (Å²) in [5.41, 5.74) is 0.147. The molecule has 1 heterocycles. The number of hydrogen-bond acceptors (Lipinski definition) is 8. The van der Waals surface area contributed by atoms with Crippen LogP contribution < -0.4 is 10.4 Å². The van der Waals surface area contributed by atoms with E-state index in [0.717, 1.165) is 12.8 Å². The molecule has 1 aliphatic carbocycles. The number of carboxylic acids is 1. The van der Waals surface area contributed by atoms with Crippen molar-refractivity contribution in [2.45, 2.75) is 53.7 Å². The highest BCUT2D eigenvalue weighted by Gasteiger charge is 2.52. The number of anilines is 1. The van der Waals surface area contributed by atoms with Gasteiger partial charge in [-0.3, -0.25) is 20.2 Å². The number of benzene rings is 2. The second-order valence-electron chi connectivity index (χ2n) is 8.26. The van der Waals surface area contributed by atoms with Crippen molar-refractivity contribution < 1.29 is 19.7 Å². The van der Waals surface area contributed by atoms with E-state index in [1.165, 1.54) is 30.0 Å². The van der Waals surface area contributed by atoms with Crippen LogP contribution in [0.3, 0.4) is 0 Å². The van der Waals surface area contributed by atoms with Crippen molar-refractivity contribution in [3.8, 4) is 0 Å². The Morgan fingerprint density at radius 1 is 1.15 bits per heavy atom. The molecule has 1 fully saturated rings. The van der Waals surface area contributed by atoms with Gasteiger partial charge >= 0.3 is 0 Å². The highest BCUT2D eigenvalue weighted by atomic mass is 35.5. The van der Waals surface area contributed by atoms with Crippen LogP contribution in [-0.2, 0) is 0 Å². The number of halogens is 1. The lowest BCUT2D eigenvalue weighted by Crippen LogP contribution is -2.39. The number of alkyl halides is 1. The topological polar surface area (TPSA) is 138 Å². The van der Waals surface area contributed by atoms with E-state index >= 15 is 0 Å². The monoisotopic (exact) mass is 490 g/mol. The number of aromatic carboxylic acids is 1. The SMILES string of the molecule is CCC[C@H]1Nc2c(C(=O)[O-])ccc([N+](=O)[O-])c2[C@H]2[C@@H](Cl)[C@@H](Sc3ccccc3[N+](=O)[O-])C[C@H]21. The average Bonchev–Trinajstić information content (AvgIpc) is 3.09. The average molecular weight is 491 g/mol. The van der Waals surface area contributed by atoms with Crippen LogP contribution in [0.1, 0.15) is 48.0 Å². The normalized spacial score (nSPS) is 25.6. The predicted octanol–water partition coefficient (Wildman–Crippen LogP) is 4.33. The number of hydrogen-bond donors (Lipinski definition) is 1. The molecule has 4 rings (SSSR count). The Labute approximate surface area is 198 Å². The third-order valence-corrected chi connectivity index (χ3v) is 8.54. The minimum absolute atomic E-state index is 0.0184. The summed E-state index contributed by atoms with van der Waals surface area (Å²) in [7, 11) is 0. The molecule has 0 amide bonds. The van der Waals surface area contributed by atoms with E-state index in [4.69, 9.17) is 11.6 Å². The van der Waals surface area contributed by atoms with Gasteiger partial charge in [0.15, 0.2) is 0 Å². The van der Waals surface area contributed by atoms with E-state index in [2.05, 4.69) is 5.32 Å². The summed E-state index contributed by atoms with van der Waals surface area (Å²) in [5, 5.41) is 37.5. The first kappa shape index (κ1) is 23.3. The summed E-state index contributed by atoms with van der Waals surface area (Å²) in [6, 6.07) is 8.66. The van der Waals surface area contributed by atoms with Gasteiger partial charge in [-0.05, 0) is 30.9 Å². The van der Waals surface area contributed by atoms with Crippen LogP contribution in [0.5, 0.6) is 0 Å². The van der Waals surface area contributed by atoms with Crippen LogP contribution in [-0.4, -0.2) is 32.5 Å². The lowest BCUT2D eigenvalue weighted by atomic mass is 9.76. The number of nitrogens with one attached hydrogen (secondary N) is 1. The van der Waals surface area contributed by atoms with Crippen molar-refractivity contribution in [3.05, 3.63) is 67.8 Å². The van der Waals surface area contributed by atoms with Crippen molar-refractivity contribution in [2.24, 2.45) is 5.92 Å². The number of nitro benzene ring substituents is 2. The van der Waals surface area contributed by atoms with Crippen LogP contribution in [0.15, 0.2) is 41.3 Å². The van der Waals surface area contributed by atoms with E-state index in [1.807, 2.05) is 6.92 Å². The Hall–Kier alpha value is -2.85. The van der Waals surface area contributed by atoms with Gasteiger partial charge in [0.05, 0.1) is 37.3 Å². The minimum Gasteiger partial charge on any atom is -0.545 e. The molecule has 2 aromatic carbocycles. The molecule has 1 aliphatic heterocycles. The molecule has 0 saturated heterocycles. The first-order valence-corrected chi connectivity index (χ1v) is 11.9. The molecule has 11 heteroatoms. The molecule has 5 atom stereocenters. The molecule has 33 heavy (non-hydrogen) atoms. The van der Waals surface area contributed by atoms with E-state index in [-0.39, 0.29) is 45.4 Å². The maximum absolute atomic E-state index is 11.8. The van der Waals surface area contributed by atoms with Crippen molar-refractivity contribution >= 4 is 46.4 Å². The van der Waals surface area contributed by atoms with Crippen LogP contribution in [0.2, 0.25) is 0 Å². The quantitative estimate of drug-likeness (QED) is 0.343. The number of para-hydroxylation sites is 1. The van der Waals surface area contributed by atoms with Crippen molar-refractivity contribution in [1.29, 1.82) is 0 Å². The number of rotatable bonds is 7. The molecule has 0 spiro atoms. The highest BCUT2D eigenvalue weighted by Crippen LogP contribution is 2.57. The molecule has 0 bridgehead atoms. The van der Waals surface area contributed by atoms with Crippen LogP contribution in [0, 0.1) is 26.1 Å². The maximum Gasteiger partial charge on any atom is 0.282 e. The highest BCUT2D eigenvalue weighted by molar-refractivity contribution is 8.00. The first-order valence-electron chi connectivity index (χ1n) is 10.6. The van der Waals surface area contributed by atoms with Gasteiger partial charge in [0.25, 0.3) is 11.4 Å². The Kier molecular flexibility index (Phi) is 6.49. The summed E-state index contributed by atoms with van der Waals surface area (Å²) < 4.78 is 0.